The predicted octanol–water partition coefficient (Wildman–Crippen LogP) is 5.72. The second-order valence-corrected chi connectivity index (χ2v) is 6.70. The van der Waals surface area contributed by atoms with Crippen LogP contribution in [0.25, 0.3) is 0 Å². The van der Waals surface area contributed by atoms with E-state index in [9.17, 15) is 0 Å². The molecule has 0 saturated heterocycles. The molecule has 0 aliphatic rings. The van der Waals surface area contributed by atoms with Gasteiger partial charge < -0.3 is 4.90 Å². The van der Waals surface area contributed by atoms with Crippen molar-refractivity contribution in [2.75, 3.05) is 26.4 Å². The van der Waals surface area contributed by atoms with E-state index in [0.29, 0.717) is 0 Å². The molecule has 0 saturated carbocycles. The lowest BCUT2D eigenvalue weighted by molar-refractivity contribution is 0.457. The summed E-state index contributed by atoms with van der Waals surface area (Å²) >= 11 is 1.97. The van der Waals surface area contributed by atoms with Crippen molar-refractivity contribution < 1.29 is 0 Å². The van der Waals surface area contributed by atoms with Gasteiger partial charge in [-0.3, -0.25) is 0 Å². The van der Waals surface area contributed by atoms with E-state index in [1.54, 1.807) is 0 Å². The summed E-state index contributed by atoms with van der Waals surface area (Å²) in [5.41, 5.74) is 0. The third-order valence-corrected chi connectivity index (χ3v) is 4.19. The molecular formula is C17H35NS. The van der Waals surface area contributed by atoms with Crippen LogP contribution in [0.15, 0.2) is 11.5 Å². The van der Waals surface area contributed by atoms with Crippen molar-refractivity contribution in [3.05, 3.63) is 11.5 Å². The van der Waals surface area contributed by atoms with Crippen LogP contribution in [-0.2, 0) is 0 Å². The Labute approximate surface area is 126 Å². The fraction of sp³-hybridized carbons (Fsp3) is 0.882. The Bertz CT molecular complexity index is 190. The summed E-state index contributed by atoms with van der Waals surface area (Å²) in [5, 5.41) is 2.26. The molecule has 0 aliphatic carbocycles. The van der Waals surface area contributed by atoms with E-state index in [1.807, 2.05) is 11.8 Å². The molecule has 0 radical (unpaired) electrons. The lowest BCUT2D eigenvalue weighted by Gasteiger charge is -2.03. The average molecular weight is 286 g/mol. The number of likely N-dealkylation sites (N-methyl/N-ethyl adjacent to an activating group) is 1. The highest BCUT2D eigenvalue weighted by molar-refractivity contribution is 8.02. The summed E-state index contributed by atoms with van der Waals surface area (Å²) in [5.74, 6) is 1.29. The summed E-state index contributed by atoms with van der Waals surface area (Å²) in [7, 11) is 4.22. The lowest BCUT2D eigenvalue weighted by atomic mass is 10.1. The van der Waals surface area contributed by atoms with Gasteiger partial charge in [0.2, 0.25) is 0 Å². The number of nitrogens with zero attached hydrogens (tertiary/aromatic N) is 1. The van der Waals surface area contributed by atoms with Gasteiger partial charge in [-0.1, -0.05) is 70.8 Å². The van der Waals surface area contributed by atoms with Gasteiger partial charge in [0.25, 0.3) is 0 Å². The average Bonchev–Trinajstić information content (AvgIpc) is 2.39. The number of hydrogen-bond donors (Lipinski definition) is 0. The van der Waals surface area contributed by atoms with Crippen molar-refractivity contribution in [3.8, 4) is 0 Å². The van der Waals surface area contributed by atoms with Gasteiger partial charge in [-0.2, -0.15) is 0 Å². The molecule has 0 aromatic carbocycles. The first-order chi connectivity index (χ1) is 9.27. The Morgan fingerprint density at radius 3 is 1.84 bits per heavy atom. The summed E-state index contributed by atoms with van der Waals surface area (Å²) in [6.07, 6.45) is 16.6. The van der Waals surface area contributed by atoms with Crippen LogP contribution in [0.5, 0.6) is 0 Å². The zero-order chi connectivity index (χ0) is 14.2. The molecule has 2 heteroatoms. The van der Waals surface area contributed by atoms with E-state index >= 15 is 0 Å². The van der Waals surface area contributed by atoms with Crippen molar-refractivity contribution in [1.29, 1.82) is 0 Å². The van der Waals surface area contributed by atoms with Gasteiger partial charge in [-0.05, 0) is 31.7 Å². The minimum absolute atomic E-state index is 1.06. The molecule has 0 heterocycles. The zero-order valence-electron chi connectivity index (χ0n) is 13.5. The largest absolute Gasteiger partial charge is 0.306 e. The van der Waals surface area contributed by atoms with E-state index in [-0.39, 0.29) is 0 Å². The SMILES string of the molecule is CCCCCCCCCCCCS/C=C/CN(C)C. The first-order valence-electron chi connectivity index (χ1n) is 8.18. The maximum atomic E-state index is 2.29. The topological polar surface area (TPSA) is 3.24 Å². The summed E-state index contributed by atoms with van der Waals surface area (Å²) in [6.45, 7) is 3.35. The first kappa shape index (κ1) is 19.1. The van der Waals surface area contributed by atoms with E-state index in [0.717, 1.165) is 6.54 Å². The molecule has 0 aromatic rings. The Morgan fingerprint density at radius 2 is 1.32 bits per heavy atom. The molecule has 19 heavy (non-hydrogen) atoms. The van der Waals surface area contributed by atoms with Crippen LogP contribution in [-0.4, -0.2) is 31.3 Å². The molecule has 0 N–H and O–H groups in total. The van der Waals surface area contributed by atoms with Gasteiger partial charge in [0.05, 0.1) is 0 Å². The minimum atomic E-state index is 1.06. The van der Waals surface area contributed by atoms with Gasteiger partial charge in [-0.25, -0.2) is 0 Å². The molecule has 0 spiro atoms. The van der Waals surface area contributed by atoms with Crippen molar-refractivity contribution in [2.24, 2.45) is 0 Å². The summed E-state index contributed by atoms with van der Waals surface area (Å²) < 4.78 is 0. The van der Waals surface area contributed by atoms with Crippen molar-refractivity contribution in [2.45, 2.75) is 71.1 Å². The van der Waals surface area contributed by atoms with Gasteiger partial charge in [0.1, 0.15) is 0 Å². The van der Waals surface area contributed by atoms with Crippen LogP contribution >= 0.6 is 11.8 Å². The predicted molar refractivity (Wildman–Crippen MR) is 92.0 cm³/mol. The second-order valence-electron chi connectivity index (χ2n) is 5.69. The Morgan fingerprint density at radius 1 is 0.789 bits per heavy atom. The standard InChI is InChI=1S/C17H35NS/c1-4-5-6-7-8-9-10-11-12-13-16-19-17-14-15-18(2)3/h14,17H,4-13,15-16H2,1-3H3/b17-14+. The maximum Gasteiger partial charge on any atom is 0.0165 e. The number of thioether (sulfide) groups is 1. The van der Waals surface area contributed by atoms with Gasteiger partial charge >= 0.3 is 0 Å². The fourth-order valence-electron chi connectivity index (χ4n) is 2.06. The highest BCUT2D eigenvalue weighted by atomic mass is 32.2. The molecular weight excluding hydrogens is 250 g/mol. The summed E-state index contributed by atoms with van der Waals surface area (Å²) in [4.78, 5) is 2.19. The highest BCUT2D eigenvalue weighted by Gasteiger charge is 1.92. The third-order valence-electron chi connectivity index (χ3n) is 3.28. The highest BCUT2D eigenvalue weighted by Crippen LogP contribution is 2.12. The molecule has 0 rings (SSSR count). The third kappa shape index (κ3) is 18.1. The van der Waals surface area contributed by atoms with Crippen LogP contribution in [0.4, 0.5) is 0 Å². The number of rotatable bonds is 14. The Kier molecular flexibility index (Phi) is 16.1. The number of hydrogen-bond acceptors (Lipinski definition) is 2. The normalized spacial score (nSPS) is 11.8. The van der Waals surface area contributed by atoms with Crippen LogP contribution in [0.3, 0.4) is 0 Å². The smallest absolute Gasteiger partial charge is 0.0165 e. The molecule has 0 aliphatic heterocycles. The van der Waals surface area contributed by atoms with E-state index in [2.05, 4.69) is 37.4 Å². The lowest BCUT2D eigenvalue weighted by Crippen LogP contribution is -2.10. The summed E-state index contributed by atoms with van der Waals surface area (Å²) in [6, 6.07) is 0. The van der Waals surface area contributed by atoms with Gasteiger partial charge in [0, 0.05) is 6.54 Å². The molecule has 0 fully saturated rings. The quantitative estimate of drug-likeness (QED) is 0.376. The van der Waals surface area contributed by atoms with Crippen LogP contribution in [0, 0.1) is 0 Å². The van der Waals surface area contributed by atoms with Crippen LogP contribution in [0.2, 0.25) is 0 Å². The Balaban J connectivity index is 3.01. The molecule has 0 atom stereocenters. The van der Waals surface area contributed by atoms with E-state index < -0.39 is 0 Å². The minimum Gasteiger partial charge on any atom is -0.306 e. The van der Waals surface area contributed by atoms with Gasteiger partial charge in [-0.15, -0.1) is 11.8 Å². The van der Waals surface area contributed by atoms with Crippen molar-refractivity contribution in [3.63, 3.8) is 0 Å². The maximum absolute atomic E-state index is 2.29. The van der Waals surface area contributed by atoms with Gasteiger partial charge in [0.15, 0.2) is 0 Å². The molecule has 0 amide bonds. The van der Waals surface area contributed by atoms with Crippen LogP contribution < -0.4 is 0 Å². The number of unbranched alkanes of at least 4 members (excludes halogenated alkanes) is 9. The molecule has 1 nitrogen and oxygen atoms in total. The van der Waals surface area contributed by atoms with Crippen molar-refractivity contribution in [1.82, 2.24) is 4.90 Å². The molecule has 0 aromatic heterocycles. The zero-order valence-corrected chi connectivity index (χ0v) is 14.3. The molecule has 0 bridgehead atoms. The molecule has 114 valence electrons. The van der Waals surface area contributed by atoms with Crippen molar-refractivity contribution >= 4 is 11.8 Å². The van der Waals surface area contributed by atoms with E-state index in [4.69, 9.17) is 0 Å². The monoisotopic (exact) mass is 285 g/mol. The van der Waals surface area contributed by atoms with Crippen LogP contribution in [0.1, 0.15) is 71.1 Å². The van der Waals surface area contributed by atoms with E-state index in [1.165, 1.54) is 70.0 Å². The Hall–Kier alpha value is 0.0500. The fourth-order valence-corrected chi connectivity index (χ4v) is 2.79. The first-order valence-corrected chi connectivity index (χ1v) is 9.23. The molecule has 0 unspecified atom stereocenters. The second kappa shape index (κ2) is 16.1.